The lowest BCUT2D eigenvalue weighted by Gasteiger charge is -2.17. The van der Waals surface area contributed by atoms with Crippen molar-refractivity contribution in [2.75, 3.05) is 13.7 Å². The number of carbonyl (C=O) groups is 3. The molecule has 6 heteroatoms. The monoisotopic (exact) mass is 416 g/mol. The zero-order valence-electron chi connectivity index (χ0n) is 17.2. The Hall–Kier alpha value is -3.93. The standard InChI is InChI=1S/C25H24N2O4/c1-31-25(30)22(27-23(28)17-26-24(29)21-10-6-3-7-11-21)16-18-12-14-20(15-13-18)19-8-4-2-5-9-19/h2-15,22H,16-17H2,1H3,(H,26,29)(H,27,28)/t22-/m1/s1. The maximum atomic E-state index is 12.3. The van der Waals surface area contributed by atoms with E-state index >= 15 is 0 Å². The summed E-state index contributed by atoms with van der Waals surface area (Å²) in [5.41, 5.74) is 3.50. The SMILES string of the molecule is COC(=O)[C@@H](Cc1ccc(-c2ccccc2)cc1)NC(=O)CNC(=O)c1ccccc1. The summed E-state index contributed by atoms with van der Waals surface area (Å²) in [5, 5.41) is 5.19. The van der Waals surface area contributed by atoms with Crippen LogP contribution in [0.4, 0.5) is 0 Å². The van der Waals surface area contributed by atoms with Gasteiger partial charge in [-0.15, -0.1) is 0 Å². The third kappa shape index (κ3) is 6.27. The van der Waals surface area contributed by atoms with E-state index in [4.69, 9.17) is 4.74 Å². The number of methoxy groups -OCH3 is 1. The quantitative estimate of drug-likeness (QED) is 0.553. The third-order valence-corrected chi connectivity index (χ3v) is 4.77. The van der Waals surface area contributed by atoms with Crippen LogP contribution in [0.2, 0.25) is 0 Å². The van der Waals surface area contributed by atoms with Gasteiger partial charge in [0.25, 0.3) is 5.91 Å². The second kappa shape index (κ2) is 10.7. The number of esters is 1. The Kier molecular flexibility index (Phi) is 7.54. The van der Waals surface area contributed by atoms with Gasteiger partial charge in [-0.3, -0.25) is 9.59 Å². The Morgan fingerprint density at radius 2 is 1.39 bits per heavy atom. The lowest BCUT2D eigenvalue weighted by molar-refractivity contribution is -0.144. The highest BCUT2D eigenvalue weighted by Gasteiger charge is 2.22. The van der Waals surface area contributed by atoms with Gasteiger partial charge in [0.15, 0.2) is 0 Å². The summed E-state index contributed by atoms with van der Waals surface area (Å²) in [6, 6.07) is 25.5. The first-order valence-corrected chi connectivity index (χ1v) is 9.91. The molecule has 0 aliphatic heterocycles. The normalized spacial score (nSPS) is 11.3. The minimum atomic E-state index is -0.853. The molecule has 6 nitrogen and oxygen atoms in total. The summed E-state index contributed by atoms with van der Waals surface area (Å²) in [4.78, 5) is 36.6. The first-order chi connectivity index (χ1) is 15.1. The molecule has 0 aromatic heterocycles. The van der Waals surface area contributed by atoms with E-state index in [1.807, 2.05) is 54.6 Å². The summed E-state index contributed by atoms with van der Waals surface area (Å²) < 4.78 is 4.83. The van der Waals surface area contributed by atoms with Crippen molar-refractivity contribution in [1.82, 2.24) is 10.6 Å². The lowest BCUT2D eigenvalue weighted by Crippen LogP contribution is -2.47. The molecular weight excluding hydrogens is 392 g/mol. The molecular formula is C25H24N2O4. The molecule has 0 aliphatic carbocycles. The van der Waals surface area contributed by atoms with Crippen molar-refractivity contribution < 1.29 is 19.1 Å². The van der Waals surface area contributed by atoms with Crippen LogP contribution in [0, 0.1) is 0 Å². The average molecular weight is 416 g/mol. The molecule has 31 heavy (non-hydrogen) atoms. The average Bonchev–Trinajstić information content (AvgIpc) is 2.83. The zero-order valence-corrected chi connectivity index (χ0v) is 17.2. The van der Waals surface area contributed by atoms with E-state index in [2.05, 4.69) is 10.6 Å². The number of hydrogen-bond donors (Lipinski definition) is 2. The Labute approximate surface area is 181 Å². The maximum absolute atomic E-state index is 12.3. The molecule has 0 saturated heterocycles. The van der Waals surface area contributed by atoms with E-state index in [1.54, 1.807) is 30.3 Å². The molecule has 0 fully saturated rings. The largest absolute Gasteiger partial charge is 0.467 e. The number of nitrogens with one attached hydrogen (secondary N) is 2. The molecule has 0 bridgehead atoms. The van der Waals surface area contributed by atoms with Crippen LogP contribution < -0.4 is 10.6 Å². The van der Waals surface area contributed by atoms with Crippen LogP contribution in [0.3, 0.4) is 0 Å². The first kappa shape index (κ1) is 21.8. The van der Waals surface area contributed by atoms with E-state index in [0.717, 1.165) is 16.7 Å². The number of benzene rings is 3. The molecule has 0 radical (unpaired) electrons. The Morgan fingerprint density at radius 3 is 2.00 bits per heavy atom. The summed E-state index contributed by atoms with van der Waals surface area (Å²) in [5.74, 6) is -1.38. The lowest BCUT2D eigenvalue weighted by atomic mass is 10.0. The van der Waals surface area contributed by atoms with Gasteiger partial charge >= 0.3 is 5.97 Å². The van der Waals surface area contributed by atoms with Crippen molar-refractivity contribution in [1.29, 1.82) is 0 Å². The van der Waals surface area contributed by atoms with Crippen LogP contribution in [-0.4, -0.2) is 37.5 Å². The molecule has 3 aromatic carbocycles. The maximum Gasteiger partial charge on any atom is 0.328 e. The van der Waals surface area contributed by atoms with Gasteiger partial charge in [0.2, 0.25) is 5.91 Å². The molecule has 0 unspecified atom stereocenters. The Morgan fingerprint density at radius 1 is 0.806 bits per heavy atom. The molecule has 0 spiro atoms. The molecule has 3 rings (SSSR count). The Bertz CT molecular complexity index is 1020. The molecule has 158 valence electrons. The van der Waals surface area contributed by atoms with Crippen LogP contribution >= 0.6 is 0 Å². The van der Waals surface area contributed by atoms with Gasteiger partial charge in [0, 0.05) is 12.0 Å². The number of hydrogen-bond acceptors (Lipinski definition) is 4. The highest BCUT2D eigenvalue weighted by molar-refractivity contribution is 5.96. The number of ether oxygens (including phenoxy) is 1. The van der Waals surface area contributed by atoms with Crippen molar-refractivity contribution in [3.05, 3.63) is 96.1 Å². The van der Waals surface area contributed by atoms with Crippen LogP contribution in [0.25, 0.3) is 11.1 Å². The minimum Gasteiger partial charge on any atom is -0.467 e. The van der Waals surface area contributed by atoms with Crippen LogP contribution in [0.5, 0.6) is 0 Å². The van der Waals surface area contributed by atoms with E-state index < -0.39 is 17.9 Å². The summed E-state index contributed by atoms with van der Waals surface area (Å²) in [6.45, 7) is -0.242. The van der Waals surface area contributed by atoms with Crippen LogP contribution in [0.1, 0.15) is 15.9 Å². The van der Waals surface area contributed by atoms with Gasteiger partial charge in [-0.05, 0) is 28.8 Å². The van der Waals surface area contributed by atoms with E-state index in [0.29, 0.717) is 5.56 Å². The minimum absolute atomic E-state index is 0.242. The van der Waals surface area contributed by atoms with E-state index in [1.165, 1.54) is 7.11 Å². The molecule has 2 amide bonds. The number of rotatable bonds is 8. The van der Waals surface area contributed by atoms with Crippen molar-refractivity contribution in [2.45, 2.75) is 12.5 Å². The molecule has 1 atom stereocenters. The fourth-order valence-electron chi connectivity index (χ4n) is 3.13. The highest BCUT2D eigenvalue weighted by atomic mass is 16.5. The van der Waals surface area contributed by atoms with Gasteiger partial charge in [0.05, 0.1) is 13.7 Å². The van der Waals surface area contributed by atoms with Crippen molar-refractivity contribution in [3.63, 3.8) is 0 Å². The molecule has 2 N–H and O–H groups in total. The zero-order chi connectivity index (χ0) is 22.1. The first-order valence-electron chi connectivity index (χ1n) is 9.91. The fourth-order valence-corrected chi connectivity index (χ4v) is 3.13. The van der Waals surface area contributed by atoms with Gasteiger partial charge in [0.1, 0.15) is 6.04 Å². The highest BCUT2D eigenvalue weighted by Crippen LogP contribution is 2.19. The predicted octanol–water partition coefficient (Wildman–Crippen LogP) is 2.98. The smallest absolute Gasteiger partial charge is 0.328 e. The van der Waals surface area contributed by atoms with Crippen LogP contribution in [0.15, 0.2) is 84.9 Å². The van der Waals surface area contributed by atoms with Gasteiger partial charge < -0.3 is 15.4 Å². The fraction of sp³-hybridized carbons (Fsp3) is 0.160. The topological polar surface area (TPSA) is 84.5 Å². The molecule has 3 aromatic rings. The summed E-state index contributed by atoms with van der Waals surface area (Å²) in [7, 11) is 1.27. The summed E-state index contributed by atoms with van der Waals surface area (Å²) in [6.07, 6.45) is 0.278. The summed E-state index contributed by atoms with van der Waals surface area (Å²) >= 11 is 0. The van der Waals surface area contributed by atoms with Crippen molar-refractivity contribution in [2.24, 2.45) is 0 Å². The van der Waals surface area contributed by atoms with Crippen molar-refractivity contribution in [3.8, 4) is 11.1 Å². The van der Waals surface area contributed by atoms with Crippen LogP contribution in [-0.2, 0) is 20.7 Å². The molecule has 0 saturated carbocycles. The second-order valence-electron chi connectivity index (χ2n) is 6.96. The predicted molar refractivity (Wildman–Crippen MR) is 118 cm³/mol. The molecule has 0 heterocycles. The third-order valence-electron chi connectivity index (χ3n) is 4.77. The van der Waals surface area contributed by atoms with Crippen molar-refractivity contribution >= 4 is 17.8 Å². The number of carbonyl (C=O) groups excluding carboxylic acids is 3. The Balaban J connectivity index is 1.59. The van der Waals surface area contributed by atoms with Gasteiger partial charge in [-0.2, -0.15) is 0 Å². The van der Waals surface area contributed by atoms with Gasteiger partial charge in [-0.1, -0.05) is 72.8 Å². The number of amides is 2. The van der Waals surface area contributed by atoms with Gasteiger partial charge in [-0.25, -0.2) is 4.79 Å². The molecule has 0 aliphatic rings. The van der Waals surface area contributed by atoms with E-state index in [9.17, 15) is 14.4 Å². The second-order valence-corrected chi connectivity index (χ2v) is 6.96. The van der Waals surface area contributed by atoms with E-state index in [-0.39, 0.29) is 18.9 Å².